The smallest absolute Gasteiger partial charge is 0.237 e. The summed E-state index contributed by atoms with van der Waals surface area (Å²) in [5.74, 6) is -1.77. The zero-order valence-electron chi connectivity index (χ0n) is 13.3. The zero-order chi connectivity index (χ0) is 17.8. The molecule has 0 aliphatic carbocycles. The number of aryl methyl sites for hydroxylation is 1. The van der Waals surface area contributed by atoms with Gasteiger partial charge in [0.2, 0.25) is 10.0 Å². The monoisotopic (exact) mass is 364 g/mol. The minimum Gasteiger partial charge on any atom is -0.237 e. The van der Waals surface area contributed by atoms with Crippen LogP contribution in [0.1, 0.15) is 17.0 Å². The Kier molecular flexibility index (Phi) is 3.58. The molecular weight excluding hydrogens is 350 g/mol. The molecule has 3 heterocycles. The molecule has 1 aliphatic heterocycles. The van der Waals surface area contributed by atoms with Gasteiger partial charge in [-0.25, -0.2) is 26.7 Å². The molecule has 25 heavy (non-hydrogen) atoms. The number of nitrogens with zero attached hydrogens (tertiary/aromatic N) is 4. The lowest BCUT2D eigenvalue weighted by molar-refractivity contribution is 0.381. The van der Waals surface area contributed by atoms with Crippen LogP contribution in [0.2, 0.25) is 0 Å². The lowest BCUT2D eigenvalue weighted by Gasteiger charge is -2.28. The number of benzene rings is 1. The van der Waals surface area contributed by atoms with Crippen LogP contribution in [0.5, 0.6) is 0 Å². The number of hydrogen-bond donors (Lipinski definition) is 0. The van der Waals surface area contributed by atoms with Crippen LogP contribution < -0.4 is 0 Å². The van der Waals surface area contributed by atoms with E-state index < -0.39 is 26.6 Å². The van der Waals surface area contributed by atoms with E-state index in [1.165, 1.54) is 0 Å². The van der Waals surface area contributed by atoms with Gasteiger partial charge >= 0.3 is 0 Å². The first kappa shape index (κ1) is 16.1. The molecule has 0 atom stereocenters. The Labute approximate surface area is 142 Å². The summed E-state index contributed by atoms with van der Waals surface area (Å²) in [5.41, 5.74) is 3.09. The van der Waals surface area contributed by atoms with Gasteiger partial charge in [-0.05, 0) is 25.1 Å². The van der Waals surface area contributed by atoms with Crippen LogP contribution in [0.15, 0.2) is 35.4 Å². The molecule has 0 bridgehead atoms. The van der Waals surface area contributed by atoms with Crippen molar-refractivity contribution in [2.24, 2.45) is 0 Å². The first-order chi connectivity index (χ1) is 11.9. The summed E-state index contributed by atoms with van der Waals surface area (Å²) in [7, 11) is -4.15. The van der Waals surface area contributed by atoms with Crippen LogP contribution in [0.25, 0.3) is 5.65 Å². The molecule has 0 fully saturated rings. The molecule has 1 aliphatic rings. The lowest BCUT2D eigenvalue weighted by Crippen LogP contribution is -2.37. The van der Waals surface area contributed by atoms with Gasteiger partial charge in [0.1, 0.15) is 16.5 Å². The van der Waals surface area contributed by atoms with Crippen molar-refractivity contribution in [1.82, 2.24) is 18.9 Å². The standard InChI is InChI=1S/C16H14F2N4O2S/c1-10-6-16-19-8-11-9-21(5-4-14(11)22(16)20-10)25(23,24)15-7-12(17)2-3-13(15)18/h2-3,6-8H,4-5,9H2,1H3. The van der Waals surface area contributed by atoms with Crippen LogP contribution in [-0.2, 0) is 23.0 Å². The van der Waals surface area contributed by atoms with Gasteiger partial charge in [-0.3, -0.25) is 0 Å². The Bertz CT molecular complexity index is 1090. The second-order valence-electron chi connectivity index (χ2n) is 5.95. The van der Waals surface area contributed by atoms with E-state index in [4.69, 9.17) is 0 Å². The molecule has 3 aromatic rings. The Morgan fingerprint density at radius 3 is 2.80 bits per heavy atom. The van der Waals surface area contributed by atoms with Crippen LogP contribution in [0, 0.1) is 18.6 Å². The van der Waals surface area contributed by atoms with Crippen LogP contribution in [-0.4, -0.2) is 33.9 Å². The Hall–Kier alpha value is -2.39. The van der Waals surface area contributed by atoms with Gasteiger partial charge in [0.15, 0.2) is 5.65 Å². The average molecular weight is 364 g/mol. The highest BCUT2D eigenvalue weighted by molar-refractivity contribution is 7.89. The highest BCUT2D eigenvalue weighted by Crippen LogP contribution is 2.27. The van der Waals surface area contributed by atoms with Gasteiger partial charge in [0.05, 0.1) is 11.4 Å². The van der Waals surface area contributed by atoms with Gasteiger partial charge in [0.25, 0.3) is 0 Å². The number of rotatable bonds is 2. The average Bonchev–Trinajstić information content (AvgIpc) is 2.97. The lowest BCUT2D eigenvalue weighted by atomic mass is 10.1. The van der Waals surface area contributed by atoms with Crippen LogP contribution in [0.3, 0.4) is 0 Å². The van der Waals surface area contributed by atoms with Crippen molar-refractivity contribution in [3.63, 3.8) is 0 Å². The maximum Gasteiger partial charge on any atom is 0.246 e. The summed E-state index contributed by atoms with van der Waals surface area (Å²) < 4.78 is 55.6. The third kappa shape index (κ3) is 2.59. The molecule has 4 rings (SSSR count). The van der Waals surface area contributed by atoms with Gasteiger partial charge in [-0.2, -0.15) is 9.40 Å². The maximum absolute atomic E-state index is 13.9. The van der Waals surface area contributed by atoms with E-state index in [1.54, 1.807) is 10.7 Å². The summed E-state index contributed by atoms with van der Waals surface area (Å²) in [6.45, 7) is 2.05. The molecule has 2 aromatic heterocycles. The molecule has 9 heteroatoms. The van der Waals surface area contributed by atoms with E-state index in [0.29, 0.717) is 23.7 Å². The van der Waals surface area contributed by atoms with Crippen LogP contribution >= 0.6 is 0 Å². The predicted octanol–water partition coefficient (Wildman–Crippen LogP) is 2.06. The molecule has 6 nitrogen and oxygen atoms in total. The van der Waals surface area contributed by atoms with Crippen molar-refractivity contribution in [3.8, 4) is 0 Å². The van der Waals surface area contributed by atoms with Crippen molar-refractivity contribution < 1.29 is 17.2 Å². The second-order valence-corrected chi connectivity index (χ2v) is 7.86. The maximum atomic E-state index is 13.9. The summed E-state index contributed by atoms with van der Waals surface area (Å²) in [6.07, 6.45) is 2.01. The van der Waals surface area contributed by atoms with Crippen molar-refractivity contribution >= 4 is 15.7 Å². The van der Waals surface area contributed by atoms with Gasteiger partial charge in [-0.1, -0.05) is 0 Å². The van der Waals surface area contributed by atoms with E-state index in [9.17, 15) is 17.2 Å². The highest BCUT2D eigenvalue weighted by Gasteiger charge is 2.32. The van der Waals surface area contributed by atoms with Crippen molar-refractivity contribution in [3.05, 3.63) is 59.0 Å². The Morgan fingerprint density at radius 2 is 2.00 bits per heavy atom. The van der Waals surface area contributed by atoms with Gasteiger partial charge < -0.3 is 0 Å². The number of fused-ring (bicyclic) bond motifs is 3. The molecule has 0 unspecified atom stereocenters. The van der Waals surface area contributed by atoms with Crippen molar-refractivity contribution in [1.29, 1.82) is 0 Å². The fourth-order valence-electron chi connectivity index (χ4n) is 3.05. The molecule has 0 amide bonds. The number of halogens is 2. The van der Waals surface area contributed by atoms with Crippen molar-refractivity contribution in [2.45, 2.75) is 24.8 Å². The SMILES string of the molecule is Cc1cc2ncc3c(n2n1)CCN(S(=O)(=O)c1cc(F)ccc1F)C3. The largest absolute Gasteiger partial charge is 0.246 e. The molecular formula is C16H14F2N4O2S. The molecule has 0 saturated carbocycles. The Balaban J connectivity index is 1.75. The highest BCUT2D eigenvalue weighted by atomic mass is 32.2. The topological polar surface area (TPSA) is 67.6 Å². The summed E-state index contributed by atoms with van der Waals surface area (Å²) >= 11 is 0. The van der Waals surface area contributed by atoms with Gasteiger partial charge in [-0.15, -0.1) is 0 Å². The third-order valence-electron chi connectivity index (χ3n) is 4.25. The summed E-state index contributed by atoms with van der Waals surface area (Å²) in [5, 5.41) is 4.37. The van der Waals surface area contributed by atoms with Gasteiger partial charge in [0, 0.05) is 37.3 Å². The number of hydrogen-bond acceptors (Lipinski definition) is 4. The van der Waals surface area contributed by atoms with E-state index in [1.807, 2.05) is 13.0 Å². The Morgan fingerprint density at radius 1 is 1.20 bits per heavy atom. The summed E-state index contributed by atoms with van der Waals surface area (Å²) in [6, 6.07) is 4.25. The predicted molar refractivity (Wildman–Crippen MR) is 85.4 cm³/mol. The fraction of sp³-hybridized carbons (Fsp3) is 0.250. The van der Waals surface area contributed by atoms with E-state index in [-0.39, 0.29) is 13.1 Å². The molecule has 0 N–H and O–H groups in total. The van der Waals surface area contributed by atoms with E-state index in [2.05, 4.69) is 10.1 Å². The molecule has 0 saturated heterocycles. The normalized spacial score (nSPS) is 15.5. The first-order valence-electron chi connectivity index (χ1n) is 7.64. The molecule has 0 radical (unpaired) electrons. The molecule has 0 spiro atoms. The van der Waals surface area contributed by atoms with E-state index >= 15 is 0 Å². The minimum atomic E-state index is -4.15. The second kappa shape index (κ2) is 5.57. The van der Waals surface area contributed by atoms with Crippen LogP contribution in [0.4, 0.5) is 8.78 Å². The van der Waals surface area contributed by atoms with Crippen molar-refractivity contribution in [2.75, 3.05) is 6.54 Å². The first-order valence-corrected chi connectivity index (χ1v) is 9.08. The fourth-order valence-corrected chi connectivity index (χ4v) is 4.54. The zero-order valence-corrected chi connectivity index (χ0v) is 14.1. The number of aromatic nitrogens is 3. The molecule has 1 aromatic carbocycles. The minimum absolute atomic E-state index is 0.0372. The molecule has 130 valence electrons. The third-order valence-corrected chi connectivity index (χ3v) is 6.11. The van der Waals surface area contributed by atoms with E-state index in [0.717, 1.165) is 27.8 Å². The summed E-state index contributed by atoms with van der Waals surface area (Å²) in [4.78, 5) is 3.63. The quantitative estimate of drug-likeness (QED) is 0.698. The number of sulfonamides is 1.